The van der Waals surface area contributed by atoms with Crippen LogP contribution in [0, 0.1) is 17.5 Å². The lowest BCUT2D eigenvalue weighted by molar-refractivity contribution is 0.369. The Balaban J connectivity index is 1.94. The van der Waals surface area contributed by atoms with Crippen LogP contribution in [-0.4, -0.2) is 19.7 Å². The molecule has 0 unspecified atom stereocenters. The minimum absolute atomic E-state index is 0.288. The summed E-state index contributed by atoms with van der Waals surface area (Å²) in [6.07, 6.45) is 0.554. The van der Waals surface area contributed by atoms with Crippen molar-refractivity contribution >= 4 is 23.3 Å². The van der Waals surface area contributed by atoms with Crippen molar-refractivity contribution in [2.24, 2.45) is 0 Å². The Kier molecular flexibility index (Phi) is 2.90. The number of nitrogens with zero attached hydrogens (tertiary/aromatic N) is 3. The molecule has 98 valence electrons. The third-order valence-corrected chi connectivity index (χ3v) is 3.18. The summed E-state index contributed by atoms with van der Waals surface area (Å²) in [7, 11) is 0. The number of aromatic amines is 1. The Morgan fingerprint density at radius 2 is 2.32 bits per heavy atom. The van der Waals surface area contributed by atoms with E-state index in [9.17, 15) is 4.39 Å². The minimum Gasteiger partial charge on any atom is -0.339 e. The van der Waals surface area contributed by atoms with Gasteiger partial charge in [0, 0.05) is 13.0 Å². The van der Waals surface area contributed by atoms with Gasteiger partial charge in [0.15, 0.2) is 10.6 Å². The van der Waals surface area contributed by atoms with Crippen LogP contribution in [0.4, 0.5) is 4.39 Å². The topological polar surface area (TPSA) is 59.6 Å². The van der Waals surface area contributed by atoms with Crippen molar-refractivity contribution in [3.8, 4) is 0 Å². The highest BCUT2D eigenvalue weighted by atomic mass is 32.1. The van der Waals surface area contributed by atoms with Crippen LogP contribution >= 0.6 is 12.2 Å². The zero-order valence-corrected chi connectivity index (χ0v) is 11.0. The van der Waals surface area contributed by atoms with E-state index in [0.717, 1.165) is 11.0 Å². The first-order valence-electron chi connectivity index (χ1n) is 5.81. The molecule has 5 nitrogen and oxygen atoms in total. The smallest absolute Gasteiger partial charge is 0.228 e. The molecule has 0 aliphatic rings. The normalized spacial score (nSPS) is 11.3. The van der Waals surface area contributed by atoms with E-state index in [4.69, 9.17) is 16.7 Å². The van der Waals surface area contributed by atoms with Gasteiger partial charge >= 0.3 is 0 Å². The van der Waals surface area contributed by atoms with Crippen LogP contribution in [0.15, 0.2) is 22.7 Å². The molecule has 3 rings (SSSR count). The fourth-order valence-corrected chi connectivity index (χ4v) is 2.30. The van der Waals surface area contributed by atoms with Gasteiger partial charge in [0.05, 0.1) is 11.0 Å². The van der Waals surface area contributed by atoms with Crippen LogP contribution in [0.5, 0.6) is 0 Å². The quantitative estimate of drug-likeness (QED) is 0.748. The van der Waals surface area contributed by atoms with Gasteiger partial charge in [-0.15, -0.1) is 0 Å². The molecule has 0 bridgehead atoms. The molecular formula is C12H11FN4OS. The third kappa shape index (κ3) is 2.28. The van der Waals surface area contributed by atoms with E-state index in [-0.39, 0.29) is 5.82 Å². The van der Waals surface area contributed by atoms with Crippen LogP contribution in [0.1, 0.15) is 11.7 Å². The summed E-state index contributed by atoms with van der Waals surface area (Å²) in [6.45, 7) is 2.32. The highest BCUT2D eigenvalue weighted by Crippen LogP contribution is 2.16. The van der Waals surface area contributed by atoms with E-state index < -0.39 is 0 Å². The van der Waals surface area contributed by atoms with Gasteiger partial charge in [-0.3, -0.25) is 0 Å². The molecule has 3 aromatic rings. The van der Waals surface area contributed by atoms with Crippen molar-refractivity contribution < 1.29 is 8.91 Å². The number of rotatable bonds is 3. The van der Waals surface area contributed by atoms with E-state index >= 15 is 0 Å². The summed E-state index contributed by atoms with van der Waals surface area (Å²) in [4.78, 5) is 7.17. The fourth-order valence-electron chi connectivity index (χ4n) is 2.00. The molecule has 0 aliphatic heterocycles. The van der Waals surface area contributed by atoms with Crippen molar-refractivity contribution in [3.63, 3.8) is 0 Å². The highest BCUT2D eigenvalue weighted by molar-refractivity contribution is 7.71. The number of halogens is 1. The standard InChI is InChI=1S/C12H11FN4OS/c1-7-14-11(18-16-7)4-5-17-10-6-8(13)2-3-9(10)15-12(17)19/h2-3,6H,4-5H2,1H3,(H,15,19). The zero-order chi connectivity index (χ0) is 13.4. The largest absolute Gasteiger partial charge is 0.339 e. The molecule has 2 aromatic heterocycles. The van der Waals surface area contributed by atoms with Crippen LogP contribution in [0.3, 0.4) is 0 Å². The molecule has 0 aliphatic carbocycles. The molecule has 0 spiro atoms. The van der Waals surface area contributed by atoms with Gasteiger partial charge in [-0.2, -0.15) is 4.98 Å². The summed E-state index contributed by atoms with van der Waals surface area (Å²) >= 11 is 5.24. The number of aromatic nitrogens is 4. The molecule has 0 atom stereocenters. The van der Waals surface area contributed by atoms with Crippen molar-refractivity contribution in [2.45, 2.75) is 19.9 Å². The molecule has 1 N–H and O–H groups in total. The van der Waals surface area contributed by atoms with E-state index in [1.807, 2.05) is 4.57 Å². The maximum absolute atomic E-state index is 13.3. The number of hydrogen-bond donors (Lipinski definition) is 1. The minimum atomic E-state index is -0.288. The summed E-state index contributed by atoms with van der Waals surface area (Å²) < 4.78 is 20.7. The van der Waals surface area contributed by atoms with E-state index in [1.54, 1.807) is 13.0 Å². The molecule has 0 saturated heterocycles. The second kappa shape index (κ2) is 4.58. The zero-order valence-electron chi connectivity index (χ0n) is 10.2. The number of benzene rings is 1. The molecule has 7 heteroatoms. The van der Waals surface area contributed by atoms with Crippen LogP contribution < -0.4 is 0 Å². The van der Waals surface area contributed by atoms with Crippen LogP contribution in [0.2, 0.25) is 0 Å². The number of H-pyrrole nitrogens is 1. The molecule has 19 heavy (non-hydrogen) atoms. The molecule has 0 fully saturated rings. The van der Waals surface area contributed by atoms with E-state index in [1.165, 1.54) is 12.1 Å². The van der Waals surface area contributed by atoms with Gasteiger partial charge in [0.1, 0.15) is 5.82 Å². The van der Waals surface area contributed by atoms with Crippen molar-refractivity contribution in [1.82, 2.24) is 19.7 Å². The van der Waals surface area contributed by atoms with Gasteiger partial charge in [0.2, 0.25) is 5.89 Å². The monoisotopic (exact) mass is 278 g/mol. The first-order valence-corrected chi connectivity index (χ1v) is 6.21. The van der Waals surface area contributed by atoms with Gasteiger partial charge in [-0.25, -0.2) is 4.39 Å². The van der Waals surface area contributed by atoms with Crippen molar-refractivity contribution in [2.75, 3.05) is 0 Å². The maximum atomic E-state index is 13.3. The first kappa shape index (κ1) is 12.0. The predicted molar refractivity (Wildman–Crippen MR) is 69.8 cm³/mol. The molecule has 0 amide bonds. The molecule has 0 saturated carbocycles. The molecule has 1 aromatic carbocycles. The molecule has 0 radical (unpaired) electrons. The number of aryl methyl sites for hydroxylation is 3. The predicted octanol–water partition coefficient (Wildman–Crippen LogP) is 2.77. The second-order valence-electron chi connectivity index (χ2n) is 4.23. The van der Waals surface area contributed by atoms with E-state index in [2.05, 4.69) is 15.1 Å². The molecule has 2 heterocycles. The van der Waals surface area contributed by atoms with Crippen molar-refractivity contribution in [1.29, 1.82) is 0 Å². The second-order valence-corrected chi connectivity index (χ2v) is 4.62. The van der Waals surface area contributed by atoms with Gasteiger partial charge in [-0.1, -0.05) is 5.16 Å². The Morgan fingerprint density at radius 3 is 3.05 bits per heavy atom. The van der Waals surface area contributed by atoms with E-state index in [0.29, 0.717) is 29.5 Å². The fraction of sp³-hybridized carbons (Fsp3) is 0.250. The lowest BCUT2D eigenvalue weighted by atomic mass is 10.3. The Labute approximate surface area is 113 Å². The SMILES string of the molecule is Cc1noc(CCn2c(=S)[nH]c3ccc(F)cc32)n1. The third-order valence-electron chi connectivity index (χ3n) is 2.86. The van der Waals surface area contributed by atoms with Crippen LogP contribution in [-0.2, 0) is 13.0 Å². The highest BCUT2D eigenvalue weighted by Gasteiger charge is 2.08. The van der Waals surface area contributed by atoms with Gasteiger partial charge in [-0.05, 0) is 37.3 Å². The number of hydrogen-bond acceptors (Lipinski definition) is 4. The maximum Gasteiger partial charge on any atom is 0.228 e. The van der Waals surface area contributed by atoms with Crippen molar-refractivity contribution in [3.05, 3.63) is 40.5 Å². The number of fused-ring (bicyclic) bond motifs is 1. The summed E-state index contributed by atoms with van der Waals surface area (Å²) in [6, 6.07) is 4.54. The lowest BCUT2D eigenvalue weighted by Gasteiger charge is -2.01. The molecular weight excluding hydrogens is 267 g/mol. The van der Waals surface area contributed by atoms with Crippen LogP contribution in [0.25, 0.3) is 11.0 Å². The Hall–Kier alpha value is -2.02. The van der Waals surface area contributed by atoms with Gasteiger partial charge in [0.25, 0.3) is 0 Å². The first-order chi connectivity index (χ1) is 9.13. The van der Waals surface area contributed by atoms with Gasteiger partial charge < -0.3 is 14.1 Å². The summed E-state index contributed by atoms with van der Waals surface area (Å²) in [5, 5.41) is 3.73. The Morgan fingerprint density at radius 1 is 1.47 bits per heavy atom. The summed E-state index contributed by atoms with van der Waals surface area (Å²) in [5.41, 5.74) is 1.55. The number of imidazole rings is 1. The lowest BCUT2D eigenvalue weighted by Crippen LogP contribution is -2.01. The average molecular weight is 278 g/mol. The Bertz CT molecular complexity index is 788. The number of nitrogens with one attached hydrogen (secondary N) is 1. The average Bonchev–Trinajstić information content (AvgIpc) is 2.90. The summed E-state index contributed by atoms with van der Waals surface area (Å²) in [5.74, 6) is 0.859.